The topological polar surface area (TPSA) is 134 Å². The Labute approximate surface area is 181 Å². The lowest BCUT2D eigenvalue weighted by Crippen LogP contribution is -2.44. The number of anilines is 2. The van der Waals surface area contributed by atoms with Gasteiger partial charge in [-0.3, -0.25) is 19.2 Å². The second-order valence-electron chi connectivity index (χ2n) is 7.75. The van der Waals surface area contributed by atoms with Crippen molar-refractivity contribution >= 4 is 39.2 Å². The fourth-order valence-electron chi connectivity index (χ4n) is 3.91. The molecule has 1 saturated carbocycles. The van der Waals surface area contributed by atoms with Crippen molar-refractivity contribution in [3.8, 4) is 5.75 Å². The van der Waals surface area contributed by atoms with Crippen molar-refractivity contribution in [1.29, 1.82) is 0 Å². The van der Waals surface area contributed by atoms with Crippen molar-refractivity contribution < 1.29 is 27.5 Å². The molecule has 170 valence electrons. The quantitative estimate of drug-likeness (QED) is 0.491. The van der Waals surface area contributed by atoms with Gasteiger partial charge in [-0.15, -0.1) is 0 Å². The molecule has 1 aliphatic carbocycles. The average Bonchev–Trinajstić information content (AvgIpc) is 3.29. The minimum absolute atomic E-state index is 0.0761. The molecule has 1 aromatic rings. The third-order valence-corrected chi connectivity index (χ3v) is 6.91. The lowest BCUT2D eigenvalue weighted by atomic mass is 9.98. The second-order valence-corrected chi connectivity index (χ2v) is 9.76. The molecule has 31 heavy (non-hydrogen) atoms. The summed E-state index contributed by atoms with van der Waals surface area (Å²) in [6, 6.07) is 4.21. The molecule has 0 radical (unpaired) electrons. The number of benzene rings is 1. The maximum absolute atomic E-state index is 12.6. The van der Waals surface area contributed by atoms with Crippen LogP contribution < -0.4 is 20.1 Å². The van der Waals surface area contributed by atoms with Crippen LogP contribution in [0.25, 0.3) is 0 Å². The first-order valence-corrected chi connectivity index (χ1v) is 12.0. The SMILES string of the molecule is CCS(=O)(=O)Nc1ccc(NC(=O)CCCN2C(=O)NC3(CCCC3)C2=O)cc1OC. The second kappa shape index (κ2) is 9.13. The summed E-state index contributed by atoms with van der Waals surface area (Å²) in [5, 5.41) is 5.54. The van der Waals surface area contributed by atoms with E-state index in [0.29, 0.717) is 24.9 Å². The number of hydrogen-bond donors (Lipinski definition) is 3. The highest BCUT2D eigenvalue weighted by atomic mass is 32.2. The number of hydrogen-bond acceptors (Lipinski definition) is 6. The molecule has 1 aromatic carbocycles. The largest absolute Gasteiger partial charge is 0.494 e. The standard InChI is InChI=1S/C20H28N4O6S/c1-3-31(28,29)23-15-9-8-14(13-16(15)30-2)21-17(25)7-6-12-24-18(26)20(22-19(24)27)10-4-5-11-20/h8-9,13,23H,3-7,10-12H2,1-2H3,(H,21,25)(H,22,27). The summed E-state index contributed by atoms with van der Waals surface area (Å²) in [6.07, 6.45) is 3.64. The summed E-state index contributed by atoms with van der Waals surface area (Å²) in [6.45, 7) is 1.71. The number of imide groups is 1. The number of amides is 4. The third kappa shape index (κ3) is 5.09. The van der Waals surface area contributed by atoms with Crippen molar-refractivity contribution in [1.82, 2.24) is 10.2 Å². The molecule has 10 nitrogen and oxygen atoms in total. The number of rotatable bonds is 9. The van der Waals surface area contributed by atoms with Gasteiger partial charge in [0.15, 0.2) is 0 Å². The Morgan fingerprint density at radius 2 is 1.97 bits per heavy atom. The van der Waals surface area contributed by atoms with E-state index < -0.39 is 15.6 Å². The van der Waals surface area contributed by atoms with Crippen molar-refractivity contribution in [2.45, 2.75) is 51.0 Å². The minimum atomic E-state index is -3.46. The molecular weight excluding hydrogens is 424 g/mol. The highest BCUT2D eigenvalue weighted by Gasteiger charge is 2.52. The van der Waals surface area contributed by atoms with Crippen LogP contribution in [0.3, 0.4) is 0 Å². The van der Waals surface area contributed by atoms with Gasteiger partial charge in [0.2, 0.25) is 15.9 Å². The predicted octanol–water partition coefficient (Wildman–Crippen LogP) is 2.04. The van der Waals surface area contributed by atoms with Crippen LogP contribution in [-0.2, 0) is 19.6 Å². The fraction of sp³-hybridized carbons (Fsp3) is 0.550. The maximum Gasteiger partial charge on any atom is 0.325 e. The van der Waals surface area contributed by atoms with Gasteiger partial charge >= 0.3 is 6.03 Å². The Morgan fingerprint density at radius 3 is 2.61 bits per heavy atom. The predicted molar refractivity (Wildman–Crippen MR) is 115 cm³/mol. The van der Waals surface area contributed by atoms with E-state index in [1.807, 2.05) is 0 Å². The smallest absolute Gasteiger partial charge is 0.325 e. The Bertz CT molecular complexity index is 972. The molecule has 0 atom stereocenters. The molecule has 3 rings (SSSR count). The summed E-state index contributed by atoms with van der Waals surface area (Å²) in [5.41, 5.74) is -0.0142. The van der Waals surface area contributed by atoms with Crippen LogP contribution in [0.2, 0.25) is 0 Å². The van der Waals surface area contributed by atoms with Gasteiger partial charge in [-0.1, -0.05) is 12.8 Å². The maximum atomic E-state index is 12.6. The summed E-state index contributed by atoms with van der Waals surface area (Å²) >= 11 is 0. The number of urea groups is 1. The average molecular weight is 453 g/mol. The minimum Gasteiger partial charge on any atom is -0.494 e. The zero-order chi connectivity index (χ0) is 22.6. The van der Waals surface area contributed by atoms with Crippen molar-refractivity contribution in [2.24, 2.45) is 0 Å². The molecule has 1 spiro atoms. The molecular formula is C20H28N4O6S. The molecule has 3 N–H and O–H groups in total. The van der Waals surface area contributed by atoms with Crippen LogP contribution in [-0.4, -0.2) is 56.1 Å². The molecule has 2 fully saturated rings. The molecule has 0 unspecified atom stereocenters. The zero-order valence-electron chi connectivity index (χ0n) is 17.7. The highest BCUT2D eigenvalue weighted by Crippen LogP contribution is 2.35. The van der Waals surface area contributed by atoms with Crippen LogP contribution in [0.5, 0.6) is 5.75 Å². The Kier molecular flexibility index (Phi) is 6.73. The molecule has 1 aliphatic heterocycles. The summed E-state index contributed by atoms with van der Waals surface area (Å²) < 4.78 is 31.2. The molecule has 0 bridgehead atoms. The summed E-state index contributed by atoms with van der Waals surface area (Å²) in [7, 11) is -2.06. The molecule has 11 heteroatoms. The third-order valence-electron chi connectivity index (χ3n) is 5.62. The van der Waals surface area contributed by atoms with Gasteiger partial charge in [-0.25, -0.2) is 13.2 Å². The van der Waals surface area contributed by atoms with Crippen LogP contribution in [0.4, 0.5) is 16.2 Å². The Balaban J connectivity index is 1.53. The van der Waals surface area contributed by atoms with E-state index in [2.05, 4.69) is 15.4 Å². The number of nitrogens with one attached hydrogen (secondary N) is 3. The van der Waals surface area contributed by atoms with Gasteiger partial charge in [-0.05, 0) is 38.3 Å². The van der Waals surface area contributed by atoms with Crippen LogP contribution in [0.1, 0.15) is 45.4 Å². The normalized spacial score (nSPS) is 17.7. The van der Waals surface area contributed by atoms with Gasteiger partial charge in [0.25, 0.3) is 5.91 Å². The number of methoxy groups -OCH3 is 1. The summed E-state index contributed by atoms with van der Waals surface area (Å²) in [4.78, 5) is 38.3. The van der Waals surface area contributed by atoms with Crippen molar-refractivity contribution in [3.63, 3.8) is 0 Å². The van der Waals surface area contributed by atoms with Gasteiger partial charge in [-0.2, -0.15) is 0 Å². The molecule has 1 heterocycles. The zero-order valence-corrected chi connectivity index (χ0v) is 18.5. The van der Waals surface area contributed by atoms with E-state index in [1.54, 1.807) is 6.07 Å². The van der Waals surface area contributed by atoms with Crippen LogP contribution >= 0.6 is 0 Å². The van der Waals surface area contributed by atoms with Gasteiger partial charge in [0.1, 0.15) is 11.3 Å². The molecule has 0 aromatic heterocycles. The number of nitrogens with zero attached hydrogens (tertiary/aromatic N) is 1. The van der Waals surface area contributed by atoms with Gasteiger partial charge in [0, 0.05) is 24.7 Å². The van der Waals surface area contributed by atoms with E-state index in [0.717, 1.165) is 12.8 Å². The van der Waals surface area contributed by atoms with Crippen LogP contribution in [0.15, 0.2) is 18.2 Å². The van der Waals surface area contributed by atoms with Crippen molar-refractivity contribution in [2.75, 3.05) is 29.4 Å². The number of sulfonamides is 1. The number of carbonyl (C=O) groups is 3. The van der Waals surface area contributed by atoms with Crippen LogP contribution in [0, 0.1) is 0 Å². The molecule has 2 aliphatic rings. The monoisotopic (exact) mass is 452 g/mol. The summed E-state index contributed by atoms with van der Waals surface area (Å²) in [5.74, 6) is -0.277. The van der Waals surface area contributed by atoms with E-state index >= 15 is 0 Å². The van der Waals surface area contributed by atoms with Gasteiger partial charge in [0.05, 0.1) is 18.6 Å². The number of ether oxygens (including phenoxy) is 1. The van der Waals surface area contributed by atoms with E-state index in [-0.39, 0.29) is 48.0 Å². The lowest BCUT2D eigenvalue weighted by Gasteiger charge is -2.19. The van der Waals surface area contributed by atoms with Gasteiger partial charge < -0.3 is 15.4 Å². The fourth-order valence-corrected chi connectivity index (χ4v) is 4.56. The van der Waals surface area contributed by atoms with E-state index in [1.165, 1.54) is 31.1 Å². The number of carbonyl (C=O) groups excluding carboxylic acids is 3. The Hall–Kier alpha value is -2.82. The van der Waals surface area contributed by atoms with E-state index in [9.17, 15) is 22.8 Å². The first kappa shape index (κ1) is 22.9. The highest BCUT2D eigenvalue weighted by molar-refractivity contribution is 7.92. The lowest BCUT2D eigenvalue weighted by molar-refractivity contribution is -0.131. The molecule has 4 amide bonds. The molecule has 1 saturated heterocycles. The van der Waals surface area contributed by atoms with E-state index in [4.69, 9.17) is 4.74 Å². The first-order valence-electron chi connectivity index (χ1n) is 10.3. The van der Waals surface area contributed by atoms with Crippen molar-refractivity contribution in [3.05, 3.63) is 18.2 Å². The first-order chi connectivity index (χ1) is 14.7. The Morgan fingerprint density at radius 1 is 1.26 bits per heavy atom.